The number of esters is 3. The third-order valence-electron chi connectivity index (χ3n) is 8.97. The molecule has 320 valence electrons. The highest BCUT2D eigenvalue weighted by molar-refractivity contribution is 5.72. The second-order valence-electron chi connectivity index (χ2n) is 14.4. The zero-order valence-electron chi connectivity index (χ0n) is 36.3. The van der Waals surface area contributed by atoms with E-state index in [4.69, 9.17) is 14.2 Å². The first kappa shape index (κ1) is 53.1. The van der Waals surface area contributed by atoms with Crippen LogP contribution in [0.4, 0.5) is 0 Å². The number of unbranched alkanes of at least 4 members (excludes halogenated alkanes) is 15. The predicted octanol–water partition coefficient (Wildman–Crippen LogP) is 14.4. The van der Waals surface area contributed by atoms with Crippen LogP contribution in [0.1, 0.15) is 175 Å². The Morgan fingerprint density at radius 1 is 0.404 bits per heavy atom. The molecule has 1 unspecified atom stereocenters. The maximum Gasteiger partial charge on any atom is 0.309 e. The molecule has 0 heterocycles. The molecule has 0 N–H and O–H groups in total. The van der Waals surface area contributed by atoms with Gasteiger partial charge in [0, 0.05) is 12.8 Å². The fourth-order valence-corrected chi connectivity index (χ4v) is 5.65. The van der Waals surface area contributed by atoms with E-state index in [2.05, 4.69) is 57.2 Å². The maximum atomic E-state index is 12.7. The molecule has 0 aliphatic heterocycles. The molecule has 57 heavy (non-hydrogen) atoms. The van der Waals surface area contributed by atoms with Gasteiger partial charge in [-0.2, -0.15) is 0 Å². The first-order valence-corrected chi connectivity index (χ1v) is 22.5. The Balaban J connectivity index is 4.53. The van der Waals surface area contributed by atoms with Crippen molar-refractivity contribution in [1.82, 2.24) is 0 Å². The summed E-state index contributed by atoms with van der Waals surface area (Å²) >= 11 is 0. The number of carbonyl (C=O) groups is 3. The summed E-state index contributed by atoms with van der Waals surface area (Å²) < 4.78 is 16.5. The van der Waals surface area contributed by atoms with Crippen molar-refractivity contribution in [3.05, 3.63) is 109 Å². The molecule has 0 saturated heterocycles. The van der Waals surface area contributed by atoms with Gasteiger partial charge >= 0.3 is 17.9 Å². The third-order valence-corrected chi connectivity index (χ3v) is 8.97. The molecular weight excluding hydrogens is 709 g/mol. The second kappa shape index (κ2) is 44.8. The molecule has 0 amide bonds. The van der Waals surface area contributed by atoms with E-state index in [1.165, 1.54) is 64.2 Å². The molecule has 0 rings (SSSR count). The molecule has 0 radical (unpaired) electrons. The van der Waals surface area contributed by atoms with Crippen LogP contribution in [0.25, 0.3) is 0 Å². The van der Waals surface area contributed by atoms with Crippen LogP contribution in [0.15, 0.2) is 109 Å². The van der Waals surface area contributed by atoms with E-state index >= 15 is 0 Å². The largest absolute Gasteiger partial charge is 0.462 e. The first-order valence-electron chi connectivity index (χ1n) is 22.5. The van der Waals surface area contributed by atoms with Crippen LogP contribution < -0.4 is 0 Å². The van der Waals surface area contributed by atoms with Crippen molar-refractivity contribution in [3.8, 4) is 0 Å². The quantitative estimate of drug-likeness (QED) is 0.0204. The summed E-state index contributed by atoms with van der Waals surface area (Å²) in [6.45, 7) is 6.21. The Labute approximate surface area is 349 Å². The van der Waals surface area contributed by atoms with Crippen LogP contribution >= 0.6 is 0 Å². The number of hydrogen-bond donors (Lipinski definition) is 0. The van der Waals surface area contributed by atoms with Gasteiger partial charge in [0.15, 0.2) is 6.10 Å². The molecule has 6 heteroatoms. The Morgan fingerprint density at radius 3 is 1.37 bits per heavy atom. The molecule has 0 saturated carbocycles. The summed E-state index contributed by atoms with van der Waals surface area (Å²) in [6.07, 6.45) is 59.6. The van der Waals surface area contributed by atoms with Crippen LogP contribution in [0.2, 0.25) is 0 Å². The van der Waals surface area contributed by atoms with Gasteiger partial charge in [0.25, 0.3) is 0 Å². The fraction of sp³-hybridized carbons (Fsp3) is 0.588. The predicted molar refractivity (Wildman–Crippen MR) is 242 cm³/mol. The van der Waals surface area contributed by atoms with Gasteiger partial charge in [0.1, 0.15) is 13.2 Å². The molecule has 0 fully saturated rings. The SMILES string of the molecule is CC\C=C/C=C\C=C/C=C\C=C\C=C/CCCCCC(=O)OCC(COC(=O)C/C=C\C/C=C\C/C=C\CC)OC(=O)CCCCCCCCCCCCCCC. The van der Waals surface area contributed by atoms with Crippen LogP contribution in [0.5, 0.6) is 0 Å². The highest BCUT2D eigenvalue weighted by Gasteiger charge is 2.19. The minimum absolute atomic E-state index is 0.124. The van der Waals surface area contributed by atoms with Gasteiger partial charge in [-0.3, -0.25) is 14.4 Å². The van der Waals surface area contributed by atoms with Gasteiger partial charge < -0.3 is 14.2 Å². The van der Waals surface area contributed by atoms with Crippen molar-refractivity contribution < 1.29 is 28.6 Å². The van der Waals surface area contributed by atoms with E-state index in [-0.39, 0.29) is 31.6 Å². The summed E-state index contributed by atoms with van der Waals surface area (Å²) in [7, 11) is 0. The summed E-state index contributed by atoms with van der Waals surface area (Å²) in [5, 5.41) is 0. The average Bonchev–Trinajstić information content (AvgIpc) is 3.21. The molecule has 6 nitrogen and oxygen atoms in total. The van der Waals surface area contributed by atoms with E-state index in [1.54, 1.807) is 6.08 Å². The Bertz CT molecular complexity index is 1230. The Morgan fingerprint density at radius 2 is 0.825 bits per heavy atom. The molecule has 0 aliphatic carbocycles. The summed E-state index contributed by atoms with van der Waals surface area (Å²) in [5.41, 5.74) is 0. The number of hydrogen-bond acceptors (Lipinski definition) is 6. The first-order chi connectivity index (χ1) is 28.0. The highest BCUT2D eigenvalue weighted by atomic mass is 16.6. The average molecular weight is 789 g/mol. The van der Waals surface area contributed by atoms with Gasteiger partial charge in [0.05, 0.1) is 6.42 Å². The molecule has 0 spiro atoms. The van der Waals surface area contributed by atoms with Crippen molar-refractivity contribution in [2.45, 2.75) is 181 Å². The number of ether oxygens (including phenoxy) is 3. The monoisotopic (exact) mass is 789 g/mol. The van der Waals surface area contributed by atoms with Gasteiger partial charge in [-0.15, -0.1) is 0 Å². The molecule has 0 aromatic rings. The molecule has 0 aromatic heterocycles. The molecule has 1 atom stereocenters. The van der Waals surface area contributed by atoms with E-state index in [0.717, 1.165) is 70.6 Å². The fourth-order valence-electron chi connectivity index (χ4n) is 5.65. The topological polar surface area (TPSA) is 78.9 Å². The standard InChI is InChI=1S/C51H80O6/c1-4-7-10-13-16-19-21-23-24-25-26-28-29-32-35-38-41-44-50(53)56-47-48(46-55-49(52)43-40-37-34-31-18-15-12-9-6-3)57-51(54)45-42-39-36-33-30-27-22-20-17-14-11-8-5-2/h7,9-10,12-13,16,18-19,21,23-26,28-29,31,37,40,48H,4-6,8,11,14-15,17,20,22,27,30,32-36,38-39,41-47H2,1-3H3/b10-7-,12-9-,16-13-,21-19-,24-23-,26-25+,29-28-,31-18-,40-37-. The van der Waals surface area contributed by atoms with Crippen molar-refractivity contribution in [3.63, 3.8) is 0 Å². The van der Waals surface area contributed by atoms with Crippen molar-refractivity contribution >= 4 is 17.9 Å². The lowest BCUT2D eigenvalue weighted by atomic mass is 10.0. The van der Waals surface area contributed by atoms with E-state index in [9.17, 15) is 14.4 Å². The maximum absolute atomic E-state index is 12.7. The van der Waals surface area contributed by atoms with Crippen LogP contribution in [0, 0.1) is 0 Å². The minimum atomic E-state index is -0.829. The van der Waals surface area contributed by atoms with Crippen LogP contribution in [-0.2, 0) is 28.6 Å². The molecule has 0 aromatic carbocycles. The van der Waals surface area contributed by atoms with E-state index in [0.29, 0.717) is 12.8 Å². The van der Waals surface area contributed by atoms with Crippen LogP contribution in [0.3, 0.4) is 0 Å². The molecular formula is C51H80O6. The second-order valence-corrected chi connectivity index (χ2v) is 14.4. The summed E-state index contributed by atoms with van der Waals surface area (Å²) in [4.78, 5) is 37.6. The molecule has 0 bridgehead atoms. The normalized spacial score (nSPS) is 13.1. The van der Waals surface area contributed by atoms with Crippen molar-refractivity contribution in [2.75, 3.05) is 13.2 Å². The third kappa shape index (κ3) is 43.0. The van der Waals surface area contributed by atoms with Crippen molar-refractivity contribution in [1.29, 1.82) is 0 Å². The lowest BCUT2D eigenvalue weighted by Gasteiger charge is -2.18. The smallest absolute Gasteiger partial charge is 0.309 e. The van der Waals surface area contributed by atoms with Gasteiger partial charge in [-0.25, -0.2) is 0 Å². The van der Waals surface area contributed by atoms with E-state index < -0.39 is 12.1 Å². The summed E-state index contributed by atoms with van der Waals surface area (Å²) in [5.74, 6) is -1.11. The number of rotatable bonds is 38. The number of allylic oxidation sites excluding steroid dienone is 17. The Hall–Kier alpha value is -3.93. The lowest BCUT2D eigenvalue weighted by Crippen LogP contribution is -2.30. The summed E-state index contributed by atoms with van der Waals surface area (Å²) in [6, 6.07) is 0. The van der Waals surface area contributed by atoms with Gasteiger partial charge in [0.2, 0.25) is 0 Å². The number of carbonyl (C=O) groups excluding carboxylic acids is 3. The molecule has 0 aliphatic rings. The highest BCUT2D eigenvalue weighted by Crippen LogP contribution is 2.14. The van der Waals surface area contributed by atoms with Crippen LogP contribution in [-0.4, -0.2) is 37.2 Å². The lowest BCUT2D eigenvalue weighted by molar-refractivity contribution is -0.166. The zero-order valence-corrected chi connectivity index (χ0v) is 36.3. The minimum Gasteiger partial charge on any atom is -0.462 e. The van der Waals surface area contributed by atoms with Crippen molar-refractivity contribution in [2.24, 2.45) is 0 Å². The Kier molecular flexibility index (Phi) is 41.7. The van der Waals surface area contributed by atoms with E-state index in [1.807, 2.05) is 66.8 Å². The van der Waals surface area contributed by atoms with Gasteiger partial charge in [-0.1, -0.05) is 214 Å². The van der Waals surface area contributed by atoms with Gasteiger partial charge in [-0.05, 0) is 51.4 Å². The zero-order chi connectivity index (χ0) is 41.5.